The van der Waals surface area contributed by atoms with Gasteiger partial charge in [-0.2, -0.15) is 4.57 Å². The molecular formula is C30H31BrN2O. The van der Waals surface area contributed by atoms with Crippen molar-refractivity contribution < 1.29 is 26.3 Å². The zero-order valence-corrected chi connectivity index (χ0v) is 21.5. The predicted octanol–water partition coefficient (Wildman–Crippen LogP) is 3.82. The van der Waals surface area contributed by atoms with E-state index in [1.165, 1.54) is 45.0 Å². The first kappa shape index (κ1) is 24.0. The molecule has 0 fully saturated rings. The molecule has 0 aliphatic carbocycles. The van der Waals surface area contributed by atoms with Gasteiger partial charge in [0.25, 0.3) is 0 Å². The lowest BCUT2D eigenvalue weighted by molar-refractivity contribution is -0.693. The molecule has 0 aliphatic rings. The number of ether oxygens (including phenoxy) is 1. The lowest BCUT2D eigenvalue weighted by atomic mass is 10.1. The summed E-state index contributed by atoms with van der Waals surface area (Å²) < 4.78 is 11.0. The fourth-order valence-corrected chi connectivity index (χ4v) is 4.66. The Balaban J connectivity index is 0.00000274. The largest absolute Gasteiger partial charge is 1.00 e. The maximum atomic E-state index is 6.17. The number of rotatable bonds is 8. The summed E-state index contributed by atoms with van der Waals surface area (Å²) in [6.07, 6.45) is 4.55. The second-order valence-corrected chi connectivity index (χ2v) is 8.74. The number of hydrogen-bond acceptors (Lipinski definition) is 1. The van der Waals surface area contributed by atoms with Gasteiger partial charge in [-0.05, 0) is 24.1 Å². The van der Waals surface area contributed by atoms with Gasteiger partial charge in [0.2, 0.25) is 5.69 Å². The van der Waals surface area contributed by atoms with E-state index in [4.69, 9.17) is 4.74 Å². The number of hydrogen-bond donors (Lipinski definition) is 0. The maximum absolute atomic E-state index is 6.17. The quantitative estimate of drug-likeness (QED) is 0.288. The Kier molecular flexibility index (Phi) is 7.69. The molecule has 0 atom stereocenters. The van der Waals surface area contributed by atoms with Crippen molar-refractivity contribution in [2.75, 3.05) is 0 Å². The Hall–Kier alpha value is -3.11. The normalized spacial score (nSPS) is 11.0. The predicted molar refractivity (Wildman–Crippen MR) is 136 cm³/mol. The van der Waals surface area contributed by atoms with Gasteiger partial charge in [-0.1, -0.05) is 74.0 Å². The van der Waals surface area contributed by atoms with Crippen LogP contribution in [0.25, 0.3) is 21.8 Å². The van der Waals surface area contributed by atoms with Crippen LogP contribution in [0.2, 0.25) is 0 Å². The average molecular weight is 515 g/mol. The van der Waals surface area contributed by atoms with Crippen molar-refractivity contribution in [2.24, 2.45) is 0 Å². The molecule has 5 rings (SSSR count). The fraction of sp³-hybridized carbons (Fsp3) is 0.233. The van der Waals surface area contributed by atoms with Crippen molar-refractivity contribution in [3.8, 4) is 5.75 Å². The fourth-order valence-electron chi connectivity index (χ4n) is 4.66. The van der Waals surface area contributed by atoms with Crippen molar-refractivity contribution in [1.29, 1.82) is 0 Å². The first-order valence-corrected chi connectivity index (χ1v) is 11.9. The highest BCUT2D eigenvalue weighted by Gasteiger charge is 2.20. The Labute approximate surface area is 212 Å². The van der Waals surface area contributed by atoms with E-state index in [1.807, 2.05) is 6.07 Å². The van der Waals surface area contributed by atoms with Crippen molar-refractivity contribution in [3.05, 3.63) is 108 Å². The van der Waals surface area contributed by atoms with Gasteiger partial charge >= 0.3 is 0 Å². The molecule has 0 unspecified atom stereocenters. The number of fused-ring (bicyclic) bond motifs is 3. The molecule has 0 amide bonds. The van der Waals surface area contributed by atoms with Crippen LogP contribution in [0, 0.1) is 6.92 Å². The molecule has 34 heavy (non-hydrogen) atoms. The number of unbranched alkanes of at least 4 members (excludes halogenated alkanes) is 1. The zero-order valence-electron chi connectivity index (χ0n) is 19.9. The van der Waals surface area contributed by atoms with E-state index < -0.39 is 0 Å². The number of aryl methyl sites for hydroxylation is 2. The summed E-state index contributed by atoms with van der Waals surface area (Å²) in [5, 5.41) is 2.61. The molecule has 4 heteroatoms. The van der Waals surface area contributed by atoms with Crippen LogP contribution >= 0.6 is 0 Å². The summed E-state index contributed by atoms with van der Waals surface area (Å²) in [5.74, 6) is 0.918. The van der Waals surface area contributed by atoms with Gasteiger partial charge in [0.15, 0.2) is 12.7 Å². The molecule has 174 valence electrons. The lowest BCUT2D eigenvalue weighted by Crippen LogP contribution is -3.00. The second kappa shape index (κ2) is 10.9. The van der Waals surface area contributed by atoms with E-state index in [9.17, 15) is 0 Å². The van der Waals surface area contributed by atoms with Gasteiger partial charge in [0.05, 0.1) is 5.52 Å². The highest BCUT2D eigenvalue weighted by atomic mass is 79.9. The highest BCUT2D eigenvalue weighted by Crippen LogP contribution is 2.33. The molecule has 3 aromatic carbocycles. The van der Waals surface area contributed by atoms with E-state index in [0.29, 0.717) is 6.61 Å². The monoisotopic (exact) mass is 514 g/mol. The Morgan fingerprint density at radius 1 is 0.824 bits per heavy atom. The molecule has 0 spiro atoms. The second-order valence-electron chi connectivity index (χ2n) is 8.74. The van der Waals surface area contributed by atoms with Gasteiger partial charge in [-0.25, -0.2) is 0 Å². The third kappa shape index (κ3) is 4.88. The van der Waals surface area contributed by atoms with Crippen LogP contribution in [0.5, 0.6) is 5.75 Å². The lowest BCUT2D eigenvalue weighted by Gasteiger charge is -2.10. The average Bonchev–Trinajstić information content (AvgIpc) is 3.18. The summed E-state index contributed by atoms with van der Waals surface area (Å²) in [6, 6.07) is 29.9. The van der Waals surface area contributed by atoms with Crippen molar-refractivity contribution in [1.82, 2.24) is 4.57 Å². The summed E-state index contributed by atoms with van der Waals surface area (Å²) in [6.45, 7) is 6.97. The van der Waals surface area contributed by atoms with Crippen LogP contribution in [0.1, 0.15) is 36.6 Å². The summed E-state index contributed by atoms with van der Waals surface area (Å²) in [5.41, 5.74) is 6.39. The van der Waals surface area contributed by atoms with Crippen LogP contribution in [-0.2, 0) is 19.7 Å². The minimum absolute atomic E-state index is 0. The summed E-state index contributed by atoms with van der Waals surface area (Å²) in [4.78, 5) is 0. The van der Waals surface area contributed by atoms with Crippen LogP contribution in [0.15, 0.2) is 91.1 Å². The molecule has 0 saturated heterocycles. The summed E-state index contributed by atoms with van der Waals surface area (Å²) in [7, 11) is 0. The number of nitrogens with zero attached hydrogens (tertiary/aromatic N) is 2. The standard InChI is InChI=1S/C30H31N2O.BrH/c1-3-4-18-32-29-20-26(33-22-25-13-9-6-10-14-25)15-16-27(29)28-17-19-31(23(2)30(28)32)21-24-11-7-5-8-12-24;/h5-17,19-20H,3-4,18,21-22H2,1-2H3;1H/q+1;/p-1. The van der Waals surface area contributed by atoms with Crippen LogP contribution in [-0.4, -0.2) is 4.57 Å². The highest BCUT2D eigenvalue weighted by molar-refractivity contribution is 6.08. The number of benzene rings is 3. The van der Waals surface area contributed by atoms with Crippen LogP contribution in [0.3, 0.4) is 0 Å². The van der Waals surface area contributed by atoms with Gasteiger partial charge in [-0.3, -0.25) is 0 Å². The van der Waals surface area contributed by atoms with E-state index in [-0.39, 0.29) is 17.0 Å². The Bertz CT molecular complexity index is 1380. The molecular weight excluding hydrogens is 484 g/mol. The maximum Gasteiger partial charge on any atom is 0.203 e. The molecule has 0 bridgehead atoms. The Morgan fingerprint density at radius 3 is 2.24 bits per heavy atom. The molecule has 0 radical (unpaired) electrons. The molecule has 2 heterocycles. The van der Waals surface area contributed by atoms with Gasteiger partial charge in [0.1, 0.15) is 17.9 Å². The first-order chi connectivity index (χ1) is 16.2. The smallest absolute Gasteiger partial charge is 0.203 e. The van der Waals surface area contributed by atoms with E-state index in [0.717, 1.165) is 25.3 Å². The molecule has 0 saturated carbocycles. The summed E-state index contributed by atoms with van der Waals surface area (Å²) >= 11 is 0. The van der Waals surface area contributed by atoms with Gasteiger partial charge < -0.3 is 26.3 Å². The Morgan fingerprint density at radius 2 is 1.53 bits per heavy atom. The molecule has 5 aromatic rings. The SMILES string of the molecule is CCCCn1c2cc(OCc3ccccc3)ccc2c2cc[n+](Cc3ccccc3)c(C)c21.[Br-]. The molecule has 0 N–H and O–H groups in total. The van der Waals surface area contributed by atoms with E-state index in [2.05, 4.69) is 108 Å². The van der Waals surface area contributed by atoms with Crippen LogP contribution in [0.4, 0.5) is 0 Å². The van der Waals surface area contributed by atoms with Crippen molar-refractivity contribution in [3.63, 3.8) is 0 Å². The van der Waals surface area contributed by atoms with Crippen molar-refractivity contribution in [2.45, 2.75) is 46.4 Å². The van der Waals surface area contributed by atoms with Crippen molar-refractivity contribution >= 4 is 21.8 Å². The molecule has 0 aliphatic heterocycles. The number of aromatic nitrogens is 2. The van der Waals surface area contributed by atoms with E-state index in [1.54, 1.807) is 0 Å². The van der Waals surface area contributed by atoms with Gasteiger partial charge in [0, 0.05) is 41.9 Å². The third-order valence-corrected chi connectivity index (χ3v) is 6.45. The third-order valence-electron chi connectivity index (χ3n) is 6.45. The topological polar surface area (TPSA) is 18.0 Å². The van der Waals surface area contributed by atoms with Crippen LogP contribution < -0.4 is 26.3 Å². The minimum Gasteiger partial charge on any atom is -1.00 e. The van der Waals surface area contributed by atoms with Gasteiger partial charge in [-0.15, -0.1) is 0 Å². The zero-order chi connectivity index (χ0) is 22.6. The molecule has 3 nitrogen and oxygen atoms in total. The van der Waals surface area contributed by atoms with E-state index >= 15 is 0 Å². The number of pyridine rings is 1. The molecule has 2 aromatic heterocycles. The minimum atomic E-state index is 0. The number of halogens is 1. The first-order valence-electron chi connectivity index (χ1n) is 11.9.